The van der Waals surface area contributed by atoms with E-state index < -0.39 is 6.09 Å². The van der Waals surface area contributed by atoms with Gasteiger partial charge < -0.3 is 20.1 Å². The molecule has 0 heterocycles. The number of benzene rings is 1. The summed E-state index contributed by atoms with van der Waals surface area (Å²) in [5.41, 5.74) is 1.80. The van der Waals surface area contributed by atoms with Gasteiger partial charge in [-0.05, 0) is 23.1 Å². The Balaban J connectivity index is 2.50. The Morgan fingerprint density at radius 3 is 2.28 bits per heavy atom. The van der Waals surface area contributed by atoms with Gasteiger partial charge in [-0.1, -0.05) is 32.9 Å². The van der Waals surface area contributed by atoms with Crippen LogP contribution in [-0.4, -0.2) is 46.0 Å². The number of carbonyl (C=O) groups is 1. The number of nitrogens with zero attached hydrogens (tertiary/aromatic N) is 1. The van der Waals surface area contributed by atoms with Crippen LogP contribution in [0.15, 0.2) is 29.3 Å². The van der Waals surface area contributed by atoms with Crippen LogP contribution in [0.3, 0.4) is 0 Å². The maximum absolute atomic E-state index is 11.2. The van der Waals surface area contributed by atoms with Gasteiger partial charge in [0.05, 0.1) is 13.2 Å². The summed E-state index contributed by atoms with van der Waals surface area (Å²) in [7, 11) is 4.79. The number of hydrogen-bond donors (Lipinski definition) is 3. The molecule has 1 unspecified atom stereocenters. The third-order valence-electron chi connectivity index (χ3n) is 3.77. The van der Waals surface area contributed by atoms with Crippen molar-refractivity contribution in [3.05, 3.63) is 29.8 Å². The SMILES string of the molecule is CN=C(NCc1ccc(NC(=O)OC)cc1)NCC(OC)C(C)(C)C. The molecule has 7 heteroatoms. The van der Waals surface area contributed by atoms with Crippen LogP contribution >= 0.6 is 0 Å². The number of rotatable bonds is 6. The lowest BCUT2D eigenvalue weighted by Gasteiger charge is -2.30. The second kappa shape index (κ2) is 9.88. The van der Waals surface area contributed by atoms with E-state index in [1.165, 1.54) is 7.11 Å². The van der Waals surface area contributed by atoms with E-state index in [2.05, 4.69) is 46.5 Å². The van der Waals surface area contributed by atoms with Crippen molar-refractivity contribution in [2.45, 2.75) is 33.4 Å². The Labute approximate surface area is 150 Å². The summed E-state index contributed by atoms with van der Waals surface area (Å²) in [6, 6.07) is 7.51. The largest absolute Gasteiger partial charge is 0.453 e. The van der Waals surface area contributed by atoms with E-state index in [-0.39, 0.29) is 11.5 Å². The van der Waals surface area contributed by atoms with Crippen LogP contribution in [-0.2, 0) is 16.0 Å². The topological polar surface area (TPSA) is 84.0 Å². The van der Waals surface area contributed by atoms with Gasteiger partial charge in [-0.25, -0.2) is 4.79 Å². The molecule has 7 nitrogen and oxygen atoms in total. The van der Waals surface area contributed by atoms with Crippen LogP contribution in [0.1, 0.15) is 26.3 Å². The number of aliphatic imine (C=N–C) groups is 1. The Morgan fingerprint density at radius 2 is 1.80 bits per heavy atom. The summed E-state index contributed by atoms with van der Waals surface area (Å²) >= 11 is 0. The predicted octanol–water partition coefficient (Wildman–Crippen LogP) is 2.59. The van der Waals surface area contributed by atoms with Crippen molar-refractivity contribution < 1.29 is 14.3 Å². The molecule has 0 fully saturated rings. The second-order valence-corrected chi connectivity index (χ2v) is 6.71. The fraction of sp³-hybridized carbons (Fsp3) is 0.556. The van der Waals surface area contributed by atoms with Gasteiger partial charge >= 0.3 is 6.09 Å². The first-order valence-corrected chi connectivity index (χ1v) is 8.21. The molecule has 0 spiro atoms. The molecule has 140 valence electrons. The molecule has 0 saturated heterocycles. The molecule has 0 aromatic heterocycles. The Hall–Kier alpha value is -2.28. The van der Waals surface area contributed by atoms with Crippen molar-refractivity contribution >= 4 is 17.7 Å². The smallest absolute Gasteiger partial charge is 0.411 e. The van der Waals surface area contributed by atoms with Crippen molar-refractivity contribution in [2.75, 3.05) is 33.1 Å². The minimum Gasteiger partial charge on any atom is -0.453 e. The fourth-order valence-corrected chi connectivity index (χ4v) is 2.21. The maximum Gasteiger partial charge on any atom is 0.411 e. The zero-order valence-electron chi connectivity index (χ0n) is 16.0. The predicted molar refractivity (Wildman–Crippen MR) is 101 cm³/mol. The molecule has 1 atom stereocenters. The molecule has 0 aliphatic heterocycles. The van der Waals surface area contributed by atoms with Crippen LogP contribution in [0.4, 0.5) is 10.5 Å². The van der Waals surface area contributed by atoms with Crippen molar-refractivity contribution in [1.29, 1.82) is 0 Å². The highest BCUT2D eigenvalue weighted by Gasteiger charge is 2.24. The Morgan fingerprint density at radius 1 is 1.16 bits per heavy atom. The summed E-state index contributed by atoms with van der Waals surface area (Å²) in [6.45, 7) is 7.71. The van der Waals surface area contributed by atoms with Crippen molar-refractivity contribution in [2.24, 2.45) is 10.4 Å². The van der Waals surface area contributed by atoms with E-state index in [9.17, 15) is 4.79 Å². The van der Waals surface area contributed by atoms with E-state index in [4.69, 9.17) is 4.74 Å². The van der Waals surface area contributed by atoms with Crippen molar-refractivity contribution in [3.8, 4) is 0 Å². The molecule has 3 N–H and O–H groups in total. The number of nitrogens with one attached hydrogen (secondary N) is 3. The highest BCUT2D eigenvalue weighted by molar-refractivity contribution is 5.84. The lowest BCUT2D eigenvalue weighted by atomic mass is 9.89. The summed E-state index contributed by atoms with van der Waals surface area (Å²) in [4.78, 5) is 15.4. The van der Waals surface area contributed by atoms with Gasteiger partial charge in [0.2, 0.25) is 0 Å². The van der Waals surface area contributed by atoms with E-state index in [1.54, 1.807) is 14.2 Å². The molecular weight excluding hydrogens is 320 g/mol. The zero-order chi connectivity index (χ0) is 18.9. The molecule has 1 amide bonds. The van der Waals surface area contributed by atoms with Gasteiger partial charge in [-0.15, -0.1) is 0 Å². The molecule has 25 heavy (non-hydrogen) atoms. The summed E-state index contributed by atoms with van der Waals surface area (Å²) < 4.78 is 10.1. The summed E-state index contributed by atoms with van der Waals surface area (Å²) in [6.07, 6.45) is -0.406. The van der Waals surface area contributed by atoms with Crippen LogP contribution < -0.4 is 16.0 Å². The first-order valence-electron chi connectivity index (χ1n) is 8.21. The van der Waals surface area contributed by atoms with E-state index in [0.717, 1.165) is 5.56 Å². The number of guanidine groups is 1. The van der Waals surface area contributed by atoms with Gasteiger partial charge in [0.25, 0.3) is 0 Å². The van der Waals surface area contributed by atoms with Crippen LogP contribution in [0, 0.1) is 5.41 Å². The fourth-order valence-electron chi connectivity index (χ4n) is 2.21. The molecule has 1 aromatic rings. The summed E-state index contributed by atoms with van der Waals surface area (Å²) in [5.74, 6) is 0.711. The zero-order valence-corrected chi connectivity index (χ0v) is 16.0. The second-order valence-electron chi connectivity index (χ2n) is 6.71. The monoisotopic (exact) mass is 350 g/mol. The van der Waals surface area contributed by atoms with E-state index in [0.29, 0.717) is 24.7 Å². The lowest BCUT2D eigenvalue weighted by molar-refractivity contribution is 0.0205. The van der Waals surface area contributed by atoms with Crippen LogP contribution in [0.25, 0.3) is 0 Å². The van der Waals surface area contributed by atoms with Gasteiger partial charge in [-0.2, -0.15) is 0 Å². The van der Waals surface area contributed by atoms with Gasteiger partial charge in [0, 0.05) is 32.9 Å². The number of amides is 1. The minimum absolute atomic E-state index is 0.0447. The van der Waals surface area contributed by atoms with Crippen molar-refractivity contribution in [1.82, 2.24) is 10.6 Å². The third-order valence-corrected chi connectivity index (χ3v) is 3.77. The van der Waals surface area contributed by atoms with Crippen molar-refractivity contribution in [3.63, 3.8) is 0 Å². The number of hydrogen-bond acceptors (Lipinski definition) is 4. The van der Waals surface area contributed by atoms with E-state index in [1.807, 2.05) is 24.3 Å². The first-order chi connectivity index (χ1) is 11.8. The average Bonchev–Trinajstić information content (AvgIpc) is 2.58. The molecule has 0 aliphatic rings. The van der Waals surface area contributed by atoms with Gasteiger partial charge in [0.15, 0.2) is 5.96 Å². The standard InChI is InChI=1S/C18H30N4O3/c1-18(2,3)15(24-5)12-21-16(19-4)20-11-13-7-9-14(10-8-13)22-17(23)25-6/h7-10,15H,11-12H2,1-6H3,(H,22,23)(H2,19,20,21). The normalized spacial score (nSPS) is 13.1. The number of methoxy groups -OCH3 is 2. The highest BCUT2D eigenvalue weighted by Crippen LogP contribution is 2.20. The number of anilines is 1. The molecule has 0 saturated carbocycles. The third kappa shape index (κ3) is 7.43. The molecule has 1 aromatic carbocycles. The van der Waals surface area contributed by atoms with E-state index >= 15 is 0 Å². The van der Waals surface area contributed by atoms with Crippen LogP contribution in [0.2, 0.25) is 0 Å². The lowest BCUT2D eigenvalue weighted by Crippen LogP contribution is -2.45. The Kier molecular flexibility index (Phi) is 8.21. The minimum atomic E-state index is -0.484. The molecule has 0 aliphatic carbocycles. The quantitative estimate of drug-likeness (QED) is 0.542. The molecule has 0 radical (unpaired) electrons. The number of carbonyl (C=O) groups excluding carboxylic acids is 1. The molecular formula is C18H30N4O3. The van der Waals surface area contributed by atoms with Gasteiger partial charge in [-0.3, -0.25) is 10.3 Å². The Bertz CT molecular complexity index is 565. The maximum atomic E-state index is 11.2. The van der Waals surface area contributed by atoms with Crippen LogP contribution in [0.5, 0.6) is 0 Å². The first kappa shape index (κ1) is 20.8. The summed E-state index contributed by atoms with van der Waals surface area (Å²) in [5, 5.41) is 9.16. The highest BCUT2D eigenvalue weighted by atomic mass is 16.5. The number of ether oxygens (including phenoxy) is 2. The molecule has 0 bridgehead atoms. The van der Waals surface area contributed by atoms with Gasteiger partial charge in [0.1, 0.15) is 0 Å². The molecule has 1 rings (SSSR count). The average molecular weight is 350 g/mol.